The van der Waals surface area contributed by atoms with Crippen LogP contribution in [0.1, 0.15) is 19.8 Å². The van der Waals surface area contributed by atoms with E-state index in [-0.39, 0.29) is 17.8 Å². The number of rotatable bonds is 1. The average molecular weight is 114 g/mol. The molecule has 0 saturated heterocycles. The molecule has 1 aliphatic rings. The molecule has 0 aromatic carbocycles. The molecule has 1 fully saturated rings. The summed E-state index contributed by atoms with van der Waals surface area (Å²) in [7, 11) is 0. The molecule has 0 amide bonds. The maximum Gasteiger partial charge on any atom is 0.141 e. The van der Waals surface area contributed by atoms with E-state index in [1.54, 1.807) is 6.92 Å². The van der Waals surface area contributed by atoms with Crippen LogP contribution in [-0.4, -0.2) is 17.5 Å². The van der Waals surface area contributed by atoms with Gasteiger partial charge in [0.2, 0.25) is 0 Å². The van der Waals surface area contributed by atoms with Crippen molar-refractivity contribution >= 4 is 5.78 Å². The van der Waals surface area contributed by atoms with Crippen LogP contribution in [0.25, 0.3) is 0 Å². The first kappa shape index (κ1) is 5.76. The second-order valence-corrected chi connectivity index (χ2v) is 2.64. The summed E-state index contributed by atoms with van der Waals surface area (Å²) in [6.07, 6.45) is 1.53. The molecule has 2 nitrogen and oxygen atoms in total. The molecule has 0 radical (unpaired) electrons. The van der Waals surface area contributed by atoms with E-state index in [1.807, 2.05) is 0 Å². The fourth-order valence-electron chi connectivity index (χ4n) is 0.821. The highest BCUT2D eigenvalue weighted by molar-refractivity contribution is 5.90. The van der Waals surface area contributed by atoms with E-state index in [9.17, 15) is 4.79 Å². The Morgan fingerprint density at radius 2 is 2.50 bits per heavy atom. The summed E-state index contributed by atoms with van der Waals surface area (Å²) in [5.74, 6) is 0.208. The number of aliphatic hydroxyl groups is 1. The molecule has 2 heteroatoms. The molecule has 1 N–H and O–H groups in total. The molecule has 1 atom stereocenters. The van der Waals surface area contributed by atoms with Gasteiger partial charge in [-0.3, -0.25) is 4.79 Å². The number of carbonyl (C=O) groups is 1. The fourth-order valence-corrected chi connectivity index (χ4v) is 0.821. The van der Waals surface area contributed by atoms with Crippen molar-refractivity contribution in [2.24, 2.45) is 5.41 Å². The topological polar surface area (TPSA) is 37.3 Å². The molecular formula is C6H10O2. The highest BCUT2D eigenvalue weighted by Gasteiger charge is 2.40. The standard InChI is InChI=1S/C6H10O2/c1-6(4-7)3-2-5(6)8/h7H,2-4H2,1H3/t6-/m0/s1. The third-order valence-electron chi connectivity index (χ3n) is 1.93. The molecule has 0 heterocycles. The maximum absolute atomic E-state index is 10.6. The number of ketones is 1. The van der Waals surface area contributed by atoms with Gasteiger partial charge in [-0.15, -0.1) is 0 Å². The van der Waals surface area contributed by atoms with Crippen molar-refractivity contribution in [2.45, 2.75) is 19.8 Å². The Bertz CT molecular complexity index is 116. The van der Waals surface area contributed by atoms with Crippen molar-refractivity contribution < 1.29 is 9.90 Å². The van der Waals surface area contributed by atoms with Crippen molar-refractivity contribution in [3.63, 3.8) is 0 Å². The zero-order valence-corrected chi connectivity index (χ0v) is 4.98. The number of aliphatic hydroxyl groups excluding tert-OH is 1. The number of hydrogen-bond acceptors (Lipinski definition) is 2. The monoisotopic (exact) mass is 114 g/mol. The van der Waals surface area contributed by atoms with E-state index in [0.717, 1.165) is 6.42 Å². The van der Waals surface area contributed by atoms with E-state index >= 15 is 0 Å². The highest BCUT2D eigenvalue weighted by atomic mass is 16.3. The van der Waals surface area contributed by atoms with Crippen LogP contribution in [-0.2, 0) is 4.79 Å². The second kappa shape index (κ2) is 1.55. The summed E-state index contributed by atoms with van der Waals surface area (Å²) >= 11 is 0. The molecule has 0 aromatic rings. The second-order valence-electron chi connectivity index (χ2n) is 2.64. The zero-order valence-electron chi connectivity index (χ0n) is 4.98. The minimum Gasteiger partial charge on any atom is -0.395 e. The zero-order chi connectivity index (χ0) is 6.20. The van der Waals surface area contributed by atoms with Crippen LogP contribution in [0.4, 0.5) is 0 Å². The summed E-state index contributed by atoms with van der Waals surface area (Å²) in [6, 6.07) is 0. The summed E-state index contributed by atoms with van der Waals surface area (Å²) in [6.45, 7) is 1.82. The van der Waals surface area contributed by atoms with Gasteiger partial charge in [0.25, 0.3) is 0 Å². The summed E-state index contributed by atoms with van der Waals surface area (Å²) in [5.41, 5.74) is -0.361. The number of Topliss-reactive ketones (excluding diaryl/α,β-unsaturated/α-hetero) is 1. The van der Waals surface area contributed by atoms with Crippen molar-refractivity contribution in [3.05, 3.63) is 0 Å². The van der Waals surface area contributed by atoms with Crippen molar-refractivity contribution in [2.75, 3.05) is 6.61 Å². The van der Waals surface area contributed by atoms with E-state index in [4.69, 9.17) is 5.11 Å². The minimum atomic E-state index is -0.361. The minimum absolute atomic E-state index is 0.0197. The summed E-state index contributed by atoms with van der Waals surface area (Å²) in [4.78, 5) is 10.6. The highest BCUT2D eigenvalue weighted by Crippen LogP contribution is 2.35. The molecule has 0 aliphatic heterocycles. The molecule has 0 bridgehead atoms. The number of hydrogen-bond donors (Lipinski definition) is 1. The Labute approximate surface area is 48.5 Å². The van der Waals surface area contributed by atoms with E-state index in [2.05, 4.69) is 0 Å². The van der Waals surface area contributed by atoms with Gasteiger partial charge >= 0.3 is 0 Å². The number of carbonyl (C=O) groups excluding carboxylic acids is 1. The van der Waals surface area contributed by atoms with Crippen LogP contribution in [0.5, 0.6) is 0 Å². The van der Waals surface area contributed by atoms with Crippen LogP contribution in [0.3, 0.4) is 0 Å². The Hall–Kier alpha value is -0.370. The van der Waals surface area contributed by atoms with Gasteiger partial charge in [0, 0.05) is 11.8 Å². The van der Waals surface area contributed by atoms with Crippen LogP contribution in [0.15, 0.2) is 0 Å². The largest absolute Gasteiger partial charge is 0.395 e. The van der Waals surface area contributed by atoms with Crippen molar-refractivity contribution in [1.82, 2.24) is 0 Å². The first-order valence-corrected chi connectivity index (χ1v) is 2.83. The van der Waals surface area contributed by atoms with Gasteiger partial charge in [-0.2, -0.15) is 0 Å². The normalized spacial score (nSPS) is 37.0. The van der Waals surface area contributed by atoms with Crippen LogP contribution < -0.4 is 0 Å². The summed E-state index contributed by atoms with van der Waals surface area (Å²) in [5, 5.41) is 8.59. The van der Waals surface area contributed by atoms with Gasteiger partial charge in [0.1, 0.15) is 5.78 Å². The van der Waals surface area contributed by atoms with Crippen molar-refractivity contribution in [3.8, 4) is 0 Å². The Balaban J connectivity index is 2.55. The molecule has 1 saturated carbocycles. The van der Waals surface area contributed by atoms with Gasteiger partial charge in [-0.25, -0.2) is 0 Å². The SMILES string of the molecule is C[C@@]1(CO)CCC1=O. The maximum atomic E-state index is 10.6. The van der Waals surface area contributed by atoms with E-state index in [1.165, 1.54) is 0 Å². The van der Waals surface area contributed by atoms with Crippen LogP contribution in [0, 0.1) is 5.41 Å². The lowest BCUT2D eigenvalue weighted by Crippen LogP contribution is -2.40. The molecule has 8 heavy (non-hydrogen) atoms. The van der Waals surface area contributed by atoms with E-state index in [0.29, 0.717) is 6.42 Å². The van der Waals surface area contributed by atoms with Gasteiger partial charge in [-0.1, -0.05) is 6.92 Å². The first-order chi connectivity index (χ1) is 3.69. The Morgan fingerprint density at radius 3 is 2.50 bits per heavy atom. The molecule has 0 unspecified atom stereocenters. The molecule has 1 aliphatic carbocycles. The van der Waals surface area contributed by atoms with Gasteiger partial charge < -0.3 is 5.11 Å². The predicted octanol–water partition coefficient (Wildman–Crippen LogP) is 0.348. The van der Waals surface area contributed by atoms with E-state index < -0.39 is 0 Å². The third-order valence-corrected chi connectivity index (χ3v) is 1.93. The van der Waals surface area contributed by atoms with Crippen LogP contribution >= 0.6 is 0 Å². The predicted molar refractivity (Wildman–Crippen MR) is 29.4 cm³/mol. The van der Waals surface area contributed by atoms with Gasteiger partial charge in [-0.05, 0) is 6.42 Å². The quantitative estimate of drug-likeness (QED) is 0.534. The Morgan fingerprint density at radius 1 is 1.88 bits per heavy atom. The molecule has 0 aromatic heterocycles. The smallest absolute Gasteiger partial charge is 0.141 e. The summed E-state index contributed by atoms with van der Waals surface area (Å²) < 4.78 is 0. The third kappa shape index (κ3) is 0.564. The lowest BCUT2D eigenvalue weighted by Gasteiger charge is -2.33. The molecule has 46 valence electrons. The van der Waals surface area contributed by atoms with Crippen LogP contribution in [0.2, 0.25) is 0 Å². The molecule has 1 rings (SSSR count). The Kier molecular flexibility index (Phi) is 1.12. The molecular weight excluding hydrogens is 104 g/mol. The van der Waals surface area contributed by atoms with Gasteiger partial charge in [0.15, 0.2) is 0 Å². The average Bonchev–Trinajstić information content (AvgIpc) is 1.83. The van der Waals surface area contributed by atoms with Gasteiger partial charge in [0.05, 0.1) is 6.61 Å². The lowest BCUT2D eigenvalue weighted by atomic mass is 9.70. The lowest BCUT2D eigenvalue weighted by molar-refractivity contribution is -0.139. The molecule has 0 spiro atoms. The first-order valence-electron chi connectivity index (χ1n) is 2.83. The fraction of sp³-hybridized carbons (Fsp3) is 0.833. The van der Waals surface area contributed by atoms with Crippen molar-refractivity contribution in [1.29, 1.82) is 0 Å².